The van der Waals surface area contributed by atoms with E-state index in [1.54, 1.807) is 17.0 Å². The number of rotatable bonds is 2. The van der Waals surface area contributed by atoms with Crippen molar-refractivity contribution in [2.45, 2.75) is 51.0 Å². The molecule has 23 heavy (non-hydrogen) atoms. The predicted octanol–water partition coefficient (Wildman–Crippen LogP) is 4.01. The summed E-state index contributed by atoms with van der Waals surface area (Å²) in [6, 6.07) is 8.59. The molecule has 4 nitrogen and oxygen atoms in total. The third-order valence-corrected chi connectivity index (χ3v) is 4.25. The molecular weight excluding hydrogens is 295 g/mol. The SMILES string of the molecule is CC(C)(C)OC(=O)N1CCC(CC#N)(c2ccc(F)cc2)CC1. The average molecular weight is 318 g/mol. The van der Waals surface area contributed by atoms with Gasteiger partial charge in [0.05, 0.1) is 6.07 Å². The Morgan fingerprint density at radius 2 is 1.87 bits per heavy atom. The molecule has 124 valence electrons. The van der Waals surface area contributed by atoms with E-state index in [4.69, 9.17) is 4.74 Å². The van der Waals surface area contributed by atoms with Gasteiger partial charge in [-0.2, -0.15) is 5.26 Å². The van der Waals surface area contributed by atoms with E-state index < -0.39 is 5.60 Å². The van der Waals surface area contributed by atoms with Gasteiger partial charge in [0, 0.05) is 24.9 Å². The molecule has 0 N–H and O–H groups in total. The number of hydrogen-bond donors (Lipinski definition) is 0. The molecule has 0 radical (unpaired) electrons. The fraction of sp³-hybridized carbons (Fsp3) is 0.556. The van der Waals surface area contributed by atoms with E-state index in [-0.39, 0.29) is 17.3 Å². The molecule has 0 aromatic heterocycles. The number of piperidine rings is 1. The maximum absolute atomic E-state index is 13.2. The van der Waals surface area contributed by atoms with Crippen molar-refractivity contribution in [1.82, 2.24) is 4.90 Å². The highest BCUT2D eigenvalue weighted by Crippen LogP contribution is 2.38. The molecule has 5 heteroatoms. The molecule has 1 aliphatic rings. The molecule has 0 saturated carbocycles. The van der Waals surface area contributed by atoms with Crippen molar-refractivity contribution in [2.24, 2.45) is 0 Å². The Hall–Kier alpha value is -2.09. The van der Waals surface area contributed by atoms with Gasteiger partial charge in [0.2, 0.25) is 0 Å². The van der Waals surface area contributed by atoms with Gasteiger partial charge in [0.25, 0.3) is 0 Å². The van der Waals surface area contributed by atoms with Crippen LogP contribution in [0, 0.1) is 17.1 Å². The van der Waals surface area contributed by atoms with Gasteiger partial charge in [-0.05, 0) is 51.3 Å². The summed E-state index contributed by atoms with van der Waals surface area (Å²) < 4.78 is 18.6. The highest BCUT2D eigenvalue weighted by atomic mass is 19.1. The molecule has 1 heterocycles. The molecule has 1 fully saturated rings. The van der Waals surface area contributed by atoms with Crippen LogP contribution in [0.4, 0.5) is 9.18 Å². The minimum Gasteiger partial charge on any atom is -0.444 e. The number of benzene rings is 1. The van der Waals surface area contributed by atoms with Crippen LogP contribution in [0.2, 0.25) is 0 Å². The molecule has 1 aromatic carbocycles. The number of carbonyl (C=O) groups excluding carboxylic acids is 1. The Labute approximate surface area is 136 Å². The van der Waals surface area contributed by atoms with Crippen LogP contribution >= 0.6 is 0 Å². The predicted molar refractivity (Wildman–Crippen MR) is 85.3 cm³/mol. The largest absolute Gasteiger partial charge is 0.444 e. The van der Waals surface area contributed by atoms with Gasteiger partial charge in [-0.3, -0.25) is 0 Å². The first-order chi connectivity index (χ1) is 10.8. The van der Waals surface area contributed by atoms with Crippen LogP contribution in [0.15, 0.2) is 24.3 Å². The lowest BCUT2D eigenvalue weighted by atomic mass is 9.71. The van der Waals surface area contributed by atoms with Crippen molar-refractivity contribution >= 4 is 6.09 Å². The van der Waals surface area contributed by atoms with Crippen molar-refractivity contribution in [3.8, 4) is 6.07 Å². The number of nitriles is 1. The van der Waals surface area contributed by atoms with E-state index in [1.807, 2.05) is 20.8 Å². The monoisotopic (exact) mass is 318 g/mol. The van der Waals surface area contributed by atoms with Gasteiger partial charge in [0.15, 0.2) is 0 Å². The topological polar surface area (TPSA) is 53.3 Å². The van der Waals surface area contributed by atoms with Crippen molar-refractivity contribution in [1.29, 1.82) is 5.26 Å². The summed E-state index contributed by atoms with van der Waals surface area (Å²) in [5.74, 6) is -0.285. The van der Waals surface area contributed by atoms with E-state index in [0.29, 0.717) is 32.4 Å². The average Bonchev–Trinajstić information content (AvgIpc) is 2.47. The second kappa shape index (κ2) is 6.57. The van der Waals surface area contributed by atoms with Crippen molar-refractivity contribution in [3.63, 3.8) is 0 Å². The van der Waals surface area contributed by atoms with E-state index in [2.05, 4.69) is 6.07 Å². The van der Waals surface area contributed by atoms with Crippen molar-refractivity contribution in [2.75, 3.05) is 13.1 Å². The van der Waals surface area contributed by atoms with Crippen LogP contribution in [-0.2, 0) is 10.2 Å². The van der Waals surface area contributed by atoms with Crippen LogP contribution in [-0.4, -0.2) is 29.7 Å². The Morgan fingerprint density at radius 3 is 2.35 bits per heavy atom. The maximum atomic E-state index is 13.2. The summed E-state index contributed by atoms with van der Waals surface area (Å²) in [7, 11) is 0. The van der Waals surface area contributed by atoms with Gasteiger partial charge in [-0.1, -0.05) is 12.1 Å². The van der Waals surface area contributed by atoms with E-state index in [0.717, 1.165) is 5.56 Å². The van der Waals surface area contributed by atoms with Gasteiger partial charge >= 0.3 is 6.09 Å². The second-order valence-corrected chi connectivity index (χ2v) is 7.09. The Morgan fingerprint density at radius 1 is 1.30 bits per heavy atom. The van der Waals surface area contributed by atoms with Gasteiger partial charge < -0.3 is 9.64 Å². The standard InChI is InChI=1S/C18H23FN2O2/c1-17(2,3)23-16(22)21-12-9-18(8-11-20,10-13-21)14-4-6-15(19)7-5-14/h4-7H,8-10,12-13H2,1-3H3. The third-order valence-electron chi connectivity index (χ3n) is 4.25. The van der Waals surface area contributed by atoms with Crippen LogP contribution in [0.1, 0.15) is 45.6 Å². The number of nitrogens with zero attached hydrogens (tertiary/aromatic N) is 2. The summed E-state index contributed by atoms with van der Waals surface area (Å²) in [6.07, 6.45) is 1.39. The zero-order valence-corrected chi connectivity index (χ0v) is 13.9. The third kappa shape index (κ3) is 4.22. The van der Waals surface area contributed by atoms with Gasteiger partial charge in [-0.25, -0.2) is 9.18 Å². The maximum Gasteiger partial charge on any atom is 0.410 e. The Kier molecular flexibility index (Phi) is 4.93. The van der Waals surface area contributed by atoms with Crippen molar-refractivity contribution in [3.05, 3.63) is 35.6 Å². The fourth-order valence-electron chi connectivity index (χ4n) is 2.97. The first kappa shape index (κ1) is 17.3. The second-order valence-electron chi connectivity index (χ2n) is 7.09. The molecular formula is C18H23FN2O2. The van der Waals surface area contributed by atoms with Crippen molar-refractivity contribution < 1.29 is 13.9 Å². The lowest BCUT2D eigenvalue weighted by Gasteiger charge is -2.41. The molecule has 0 bridgehead atoms. The molecule has 1 aromatic rings. The molecule has 0 spiro atoms. The van der Waals surface area contributed by atoms with Crippen LogP contribution in [0.3, 0.4) is 0 Å². The molecule has 1 amide bonds. The first-order valence-corrected chi connectivity index (χ1v) is 7.87. The van der Waals surface area contributed by atoms with Crippen LogP contribution in [0.5, 0.6) is 0 Å². The van der Waals surface area contributed by atoms with Crippen LogP contribution < -0.4 is 0 Å². The van der Waals surface area contributed by atoms with E-state index in [9.17, 15) is 14.4 Å². The number of carbonyl (C=O) groups is 1. The Bertz CT molecular complexity index is 591. The highest BCUT2D eigenvalue weighted by Gasteiger charge is 2.38. The summed E-state index contributed by atoms with van der Waals surface area (Å²) in [4.78, 5) is 13.8. The smallest absolute Gasteiger partial charge is 0.410 e. The summed E-state index contributed by atoms with van der Waals surface area (Å²) in [5, 5.41) is 9.20. The zero-order chi connectivity index (χ0) is 17.1. The molecule has 0 unspecified atom stereocenters. The zero-order valence-electron chi connectivity index (χ0n) is 13.9. The highest BCUT2D eigenvalue weighted by molar-refractivity contribution is 5.68. The minimum atomic E-state index is -0.519. The van der Waals surface area contributed by atoms with Gasteiger partial charge in [-0.15, -0.1) is 0 Å². The summed E-state index contributed by atoms with van der Waals surface area (Å²) >= 11 is 0. The van der Waals surface area contributed by atoms with E-state index >= 15 is 0 Å². The lowest BCUT2D eigenvalue weighted by Crippen LogP contribution is -2.46. The molecule has 1 saturated heterocycles. The lowest BCUT2D eigenvalue weighted by molar-refractivity contribution is 0.0165. The minimum absolute atomic E-state index is 0.285. The quantitative estimate of drug-likeness (QED) is 0.828. The first-order valence-electron chi connectivity index (χ1n) is 7.87. The normalized spacial score (nSPS) is 17.4. The van der Waals surface area contributed by atoms with Gasteiger partial charge in [0.1, 0.15) is 11.4 Å². The summed E-state index contributed by atoms with van der Waals surface area (Å²) in [5.41, 5.74) is 0.125. The number of hydrogen-bond acceptors (Lipinski definition) is 3. The van der Waals surface area contributed by atoms with Crippen LogP contribution in [0.25, 0.3) is 0 Å². The number of ether oxygens (including phenoxy) is 1. The molecule has 1 aliphatic heterocycles. The number of halogens is 1. The number of likely N-dealkylation sites (tertiary alicyclic amines) is 1. The molecule has 2 rings (SSSR count). The fourth-order valence-corrected chi connectivity index (χ4v) is 2.97. The molecule has 0 atom stereocenters. The Balaban J connectivity index is 2.11. The van der Waals surface area contributed by atoms with E-state index in [1.165, 1.54) is 12.1 Å². The molecule has 0 aliphatic carbocycles. The number of amides is 1. The summed E-state index contributed by atoms with van der Waals surface area (Å²) in [6.45, 7) is 6.59.